The van der Waals surface area contributed by atoms with Crippen molar-refractivity contribution in [1.29, 1.82) is 0 Å². The summed E-state index contributed by atoms with van der Waals surface area (Å²) in [5.41, 5.74) is 3.15. The van der Waals surface area contributed by atoms with Crippen LogP contribution in [0.5, 0.6) is 5.75 Å². The van der Waals surface area contributed by atoms with E-state index in [1.54, 1.807) is 30.5 Å². The van der Waals surface area contributed by atoms with Crippen LogP contribution in [0.25, 0.3) is 0 Å². The number of nitrogens with zero attached hydrogens (tertiary/aromatic N) is 1. The maximum atomic E-state index is 12.5. The average molecular weight is 434 g/mol. The van der Waals surface area contributed by atoms with E-state index in [1.807, 2.05) is 25.1 Å². The summed E-state index contributed by atoms with van der Waals surface area (Å²) in [5.74, 6) is 0.0696. The van der Waals surface area contributed by atoms with Crippen LogP contribution in [0.3, 0.4) is 0 Å². The number of hydrogen-bond acceptors (Lipinski definition) is 5. The molecule has 1 atom stereocenters. The lowest BCUT2D eigenvalue weighted by molar-refractivity contribution is -0.136. The normalized spacial score (nSPS) is 14.3. The standard InChI is InChI=1S/C25H27N3O4/c1-2-31-21-11-9-20(10-12-21)27-25(30)24(29)26-16-22(23-8-5-15-32-23)28-14-13-18-6-3-4-7-19(18)17-28/h3-12,15,22H,2,13-14,16-17H2,1H3,(H,26,29)(H,27,30). The van der Waals surface area contributed by atoms with Crippen LogP contribution in [0.2, 0.25) is 0 Å². The van der Waals surface area contributed by atoms with Gasteiger partial charge in [-0.05, 0) is 60.9 Å². The van der Waals surface area contributed by atoms with E-state index in [2.05, 4.69) is 33.7 Å². The summed E-state index contributed by atoms with van der Waals surface area (Å²) in [6.07, 6.45) is 2.56. The topological polar surface area (TPSA) is 83.8 Å². The summed E-state index contributed by atoms with van der Waals surface area (Å²) in [4.78, 5) is 27.1. The number of carbonyl (C=O) groups is 2. The Morgan fingerprint density at radius 2 is 1.81 bits per heavy atom. The molecule has 2 N–H and O–H groups in total. The van der Waals surface area contributed by atoms with Crippen LogP contribution in [0.1, 0.15) is 29.9 Å². The number of ether oxygens (including phenoxy) is 1. The van der Waals surface area contributed by atoms with E-state index < -0.39 is 11.8 Å². The molecule has 166 valence electrons. The Labute approximate surface area is 187 Å². The van der Waals surface area contributed by atoms with Crippen LogP contribution in [0.4, 0.5) is 5.69 Å². The van der Waals surface area contributed by atoms with Crippen molar-refractivity contribution in [3.8, 4) is 5.75 Å². The van der Waals surface area contributed by atoms with Crippen LogP contribution >= 0.6 is 0 Å². The highest BCUT2D eigenvalue weighted by Crippen LogP contribution is 2.28. The van der Waals surface area contributed by atoms with Gasteiger partial charge in [0.2, 0.25) is 0 Å². The Morgan fingerprint density at radius 1 is 1.03 bits per heavy atom. The third-order valence-corrected chi connectivity index (χ3v) is 5.56. The van der Waals surface area contributed by atoms with Gasteiger partial charge in [-0.2, -0.15) is 0 Å². The van der Waals surface area contributed by atoms with Crippen molar-refractivity contribution in [2.45, 2.75) is 25.9 Å². The van der Waals surface area contributed by atoms with Gasteiger partial charge in [-0.3, -0.25) is 14.5 Å². The smallest absolute Gasteiger partial charge is 0.313 e. The summed E-state index contributed by atoms with van der Waals surface area (Å²) >= 11 is 0. The van der Waals surface area contributed by atoms with Gasteiger partial charge in [-0.15, -0.1) is 0 Å². The minimum atomic E-state index is -0.712. The number of benzene rings is 2. The molecule has 2 heterocycles. The molecule has 1 aliphatic heterocycles. The second kappa shape index (κ2) is 10.2. The van der Waals surface area contributed by atoms with Crippen molar-refractivity contribution in [2.24, 2.45) is 0 Å². The van der Waals surface area contributed by atoms with Crippen LogP contribution < -0.4 is 15.4 Å². The zero-order valence-corrected chi connectivity index (χ0v) is 18.0. The molecule has 1 unspecified atom stereocenters. The number of hydrogen-bond donors (Lipinski definition) is 2. The molecular weight excluding hydrogens is 406 g/mol. The van der Waals surface area contributed by atoms with Crippen molar-refractivity contribution < 1.29 is 18.7 Å². The Kier molecular flexibility index (Phi) is 6.87. The molecule has 0 saturated carbocycles. The van der Waals surface area contributed by atoms with E-state index in [9.17, 15) is 9.59 Å². The highest BCUT2D eigenvalue weighted by atomic mass is 16.5. The summed E-state index contributed by atoms with van der Waals surface area (Å²) in [6.45, 7) is 4.34. The summed E-state index contributed by atoms with van der Waals surface area (Å²) in [7, 11) is 0. The van der Waals surface area contributed by atoms with E-state index in [0.717, 1.165) is 25.3 Å². The molecule has 1 aromatic heterocycles. The molecular formula is C25H27N3O4. The number of anilines is 1. The molecule has 32 heavy (non-hydrogen) atoms. The maximum absolute atomic E-state index is 12.5. The van der Waals surface area contributed by atoms with Crippen LogP contribution in [-0.4, -0.2) is 36.4 Å². The first-order valence-electron chi connectivity index (χ1n) is 10.8. The number of fused-ring (bicyclic) bond motifs is 1. The van der Waals surface area contributed by atoms with E-state index in [-0.39, 0.29) is 12.6 Å². The van der Waals surface area contributed by atoms with Gasteiger partial charge in [0.1, 0.15) is 11.5 Å². The summed E-state index contributed by atoms with van der Waals surface area (Å²) in [6, 6.07) is 18.8. The Hall–Kier alpha value is -3.58. The van der Waals surface area contributed by atoms with Gasteiger partial charge >= 0.3 is 11.8 Å². The molecule has 0 fully saturated rings. The molecule has 2 amide bonds. The Balaban J connectivity index is 1.38. The second-order valence-corrected chi connectivity index (χ2v) is 7.64. The first-order chi connectivity index (χ1) is 15.6. The number of nitrogens with one attached hydrogen (secondary N) is 2. The first kappa shape index (κ1) is 21.6. The SMILES string of the molecule is CCOc1ccc(NC(=O)C(=O)NCC(c2ccco2)N2CCc3ccccc3C2)cc1. The van der Waals surface area contributed by atoms with Crippen molar-refractivity contribution in [3.63, 3.8) is 0 Å². The molecule has 0 radical (unpaired) electrons. The molecule has 7 heteroatoms. The monoisotopic (exact) mass is 433 g/mol. The molecule has 7 nitrogen and oxygen atoms in total. The van der Waals surface area contributed by atoms with Crippen LogP contribution in [-0.2, 0) is 22.6 Å². The quantitative estimate of drug-likeness (QED) is 0.557. The predicted molar refractivity (Wildman–Crippen MR) is 121 cm³/mol. The van der Waals surface area contributed by atoms with Crippen molar-refractivity contribution in [3.05, 3.63) is 83.8 Å². The molecule has 0 saturated heterocycles. The molecule has 2 aromatic carbocycles. The van der Waals surface area contributed by atoms with E-state index >= 15 is 0 Å². The largest absolute Gasteiger partial charge is 0.494 e. The highest BCUT2D eigenvalue weighted by molar-refractivity contribution is 6.39. The van der Waals surface area contributed by atoms with Crippen LogP contribution in [0, 0.1) is 0 Å². The third-order valence-electron chi connectivity index (χ3n) is 5.56. The lowest BCUT2D eigenvalue weighted by atomic mass is 9.98. The van der Waals surface area contributed by atoms with E-state index in [4.69, 9.17) is 9.15 Å². The minimum absolute atomic E-state index is 0.166. The fraction of sp³-hybridized carbons (Fsp3) is 0.280. The molecule has 4 rings (SSSR count). The fourth-order valence-electron chi connectivity index (χ4n) is 3.93. The minimum Gasteiger partial charge on any atom is -0.494 e. The number of carbonyl (C=O) groups excluding carboxylic acids is 2. The van der Waals surface area contributed by atoms with Gasteiger partial charge in [0, 0.05) is 25.3 Å². The van der Waals surface area contributed by atoms with Gasteiger partial charge in [0.05, 0.1) is 18.9 Å². The predicted octanol–water partition coefficient (Wildman–Crippen LogP) is 3.53. The van der Waals surface area contributed by atoms with E-state index in [0.29, 0.717) is 18.0 Å². The number of furan rings is 1. The molecule has 0 aliphatic carbocycles. The number of rotatable bonds is 7. The second-order valence-electron chi connectivity index (χ2n) is 7.64. The summed E-state index contributed by atoms with van der Waals surface area (Å²) in [5, 5.41) is 5.39. The van der Waals surface area contributed by atoms with Gasteiger partial charge in [0.25, 0.3) is 0 Å². The fourth-order valence-corrected chi connectivity index (χ4v) is 3.93. The first-order valence-corrected chi connectivity index (χ1v) is 10.8. The third kappa shape index (κ3) is 5.18. The lowest BCUT2D eigenvalue weighted by Crippen LogP contribution is -2.43. The molecule has 0 bridgehead atoms. The van der Waals surface area contributed by atoms with Crippen molar-refractivity contribution in [2.75, 3.05) is 25.0 Å². The number of amides is 2. The zero-order valence-electron chi connectivity index (χ0n) is 18.0. The van der Waals surface area contributed by atoms with Gasteiger partial charge < -0.3 is 19.8 Å². The van der Waals surface area contributed by atoms with Gasteiger partial charge in [0.15, 0.2) is 0 Å². The van der Waals surface area contributed by atoms with Crippen molar-refractivity contribution in [1.82, 2.24) is 10.2 Å². The van der Waals surface area contributed by atoms with E-state index in [1.165, 1.54) is 11.1 Å². The van der Waals surface area contributed by atoms with Gasteiger partial charge in [-0.1, -0.05) is 24.3 Å². The Morgan fingerprint density at radius 3 is 2.53 bits per heavy atom. The molecule has 1 aliphatic rings. The zero-order chi connectivity index (χ0) is 22.3. The Bertz CT molecular complexity index is 1050. The van der Waals surface area contributed by atoms with Crippen LogP contribution in [0.15, 0.2) is 71.3 Å². The summed E-state index contributed by atoms with van der Waals surface area (Å²) < 4.78 is 11.0. The molecule has 3 aromatic rings. The maximum Gasteiger partial charge on any atom is 0.313 e. The lowest BCUT2D eigenvalue weighted by Gasteiger charge is -2.34. The molecule has 0 spiro atoms. The average Bonchev–Trinajstić information content (AvgIpc) is 3.35. The van der Waals surface area contributed by atoms with Crippen molar-refractivity contribution >= 4 is 17.5 Å². The van der Waals surface area contributed by atoms with Gasteiger partial charge in [-0.25, -0.2) is 0 Å². The highest BCUT2D eigenvalue weighted by Gasteiger charge is 2.27.